The van der Waals surface area contributed by atoms with Crippen molar-refractivity contribution in [1.82, 2.24) is 14.8 Å². The Hall–Kier alpha value is -2.17. The number of benzene rings is 1. The minimum atomic E-state index is 0.111. The Kier molecular flexibility index (Phi) is 2.68. The number of hydrogen-bond donors (Lipinski definition) is 1. The topological polar surface area (TPSA) is 68.0 Å². The predicted octanol–water partition coefficient (Wildman–Crippen LogP) is 1.35. The first-order valence-corrected chi connectivity index (χ1v) is 4.95. The van der Waals surface area contributed by atoms with Gasteiger partial charge in [0.25, 0.3) is 0 Å². The standard InChI is InChI=1S/C11H11N3O2/c1-2-11-12-10(7-15)13-14(11)8-5-3-4-6-9(8)16/h3-7,16H,2H2,1H3. The number of rotatable bonds is 3. The molecule has 5 nitrogen and oxygen atoms in total. The van der Waals surface area contributed by atoms with Gasteiger partial charge in [-0.05, 0) is 12.1 Å². The number of para-hydroxylation sites is 2. The number of carbonyl (C=O) groups is 1. The van der Waals surface area contributed by atoms with Gasteiger partial charge in [0, 0.05) is 6.42 Å². The zero-order valence-electron chi connectivity index (χ0n) is 8.79. The van der Waals surface area contributed by atoms with Crippen LogP contribution in [-0.2, 0) is 6.42 Å². The van der Waals surface area contributed by atoms with Crippen LogP contribution < -0.4 is 0 Å². The normalized spacial score (nSPS) is 10.3. The van der Waals surface area contributed by atoms with E-state index in [1.807, 2.05) is 6.92 Å². The minimum absolute atomic E-state index is 0.111. The zero-order valence-corrected chi connectivity index (χ0v) is 8.79. The van der Waals surface area contributed by atoms with Crippen LogP contribution in [0.1, 0.15) is 23.4 Å². The second-order valence-corrected chi connectivity index (χ2v) is 3.26. The molecule has 0 atom stereocenters. The largest absolute Gasteiger partial charge is 0.506 e. The number of phenols is 1. The highest BCUT2D eigenvalue weighted by atomic mass is 16.3. The lowest BCUT2D eigenvalue weighted by Crippen LogP contribution is -2.02. The summed E-state index contributed by atoms with van der Waals surface area (Å²) in [6.45, 7) is 1.91. The van der Waals surface area contributed by atoms with Crippen LogP contribution in [0.15, 0.2) is 24.3 Å². The van der Waals surface area contributed by atoms with Crippen molar-refractivity contribution in [3.8, 4) is 11.4 Å². The Labute approximate surface area is 92.4 Å². The molecule has 5 heteroatoms. The summed E-state index contributed by atoms with van der Waals surface area (Å²) in [6.07, 6.45) is 1.23. The van der Waals surface area contributed by atoms with E-state index in [-0.39, 0.29) is 11.6 Å². The van der Waals surface area contributed by atoms with Gasteiger partial charge in [0.2, 0.25) is 5.82 Å². The molecule has 0 fully saturated rings. The second kappa shape index (κ2) is 4.14. The van der Waals surface area contributed by atoms with Crippen LogP contribution in [0.4, 0.5) is 0 Å². The molecule has 0 saturated heterocycles. The molecule has 1 aromatic heterocycles. The summed E-state index contributed by atoms with van der Waals surface area (Å²) < 4.78 is 1.49. The molecule has 1 N–H and O–H groups in total. The van der Waals surface area contributed by atoms with Crippen molar-refractivity contribution in [1.29, 1.82) is 0 Å². The maximum Gasteiger partial charge on any atom is 0.214 e. The Balaban J connectivity index is 2.59. The van der Waals surface area contributed by atoms with Crippen LogP contribution in [0.2, 0.25) is 0 Å². The van der Waals surface area contributed by atoms with Crippen molar-refractivity contribution < 1.29 is 9.90 Å². The van der Waals surface area contributed by atoms with Gasteiger partial charge in [-0.3, -0.25) is 4.79 Å². The van der Waals surface area contributed by atoms with Crippen molar-refractivity contribution >= 4 is 6.29 Å². The molecule has 0 aliphatic carbocycles. The smallest absolute Gasteiger partial charge is 0.214 e. The van der Waals surface area contributed by atoms with Gasteiger partial charge in [-0.15, -0.1) is 5.10 Å². The molecule has 16 heavy (non-hydrogen) atoms. The lowest BCUT2D eigenvalue weighted by molar-refractivity contribution is 0.111. The molecule has 0 radical (unpaired) electrons. The molecule has 0 aliphatic heterocycles. The predicted molar refractivity (Wildman–Crippen MR) is 57.8 cm³/mol. The summed E-state index contributed by atoms with van der Waals surface area (Å²) in [5.41, 5.74) is 0.528. The molecule has 0 saturated carbocycles. The second-order valence-electron chi connectivity index (χ2n) is 3.26. The van der Waals surface area contributed by atoms with Gasteiger partial charge >= 0.3 is 0 Å². The Morgan fingerprint density at radius 3 is 2.81 bits per heavy atom. The molecule has 0 aliphatic rings. The lowest BCUT2D eigenvalue weighted by atomic mass is 10.3. The number of aromatic nitrogens is 3. The number of nitrogens with zero attached hydrogens (tertiary/aromatic N) is 3. The van der Waals surface area contributed by atoms with E-state index in [2.05, 4.69) is 10.1 Å². The van der Waals surface area contributed by atoms with E-state index in [9.17, 15) is 9.90 Å². The summed E-state index contributed by atoms with van der Waals surface area (Å²) >= 11 is 0. The summed E-state index contributed by atoms with van der Waals surface area (Å²) in [7, 11) is 0. The molecule has 2 rings (SSSR count). The number of carbonyl (C=O) groups excluding carboxylic acids is 1. The van der Waals surface area contributed by atoms with E-state index < -0.39 is 0 Å². The Bertz CT molecular complexity index is 520. The highest BCUT2D eigenvalue weighted by Gasteiger charge is 2.11. The van der Waals surface area contributed by atoms with Crippen LogP contribution >= 0.6 is 0 Å². The van der Waals surface area contributed by atoms with Crippen molar-refractivity contribution in [3.05, 3.63) is 35.9 Å². The number of phenolic OH excluding ortho intramolecular Hbond substituents is 1. The van der Waals surface area contributed by atoms with Crippen LogP contribution in [0.3, 0.4) is 0 Å². The van der Waals surface area contributed by atoms with E-state index in [1.54, 1.807) is 24.3 Å². The summed E-state index contributed by atoms with van der Waals surface area (Å²) in [6, 6.07) is 6.80. The summed E-state index contributed by atoms with van der Waals surface area (Å²) in [4.78, 5) is 14.6. The highest BCUT2D eigenvalue weighted by molar-refractivity contribution is 5.68. The van der Waals surface area contributed by atoms with Crippen LogP contribution in [0, 0.1) is 0 Å². The number of hydrogen-bond acceptors (Lipinski definition) is 4. The summed E-state index contributed by atoms with van der Waals surface area (Å²) in [5.74, 6) is 0.878. The first-order chi connectivity index (χ1) is 7.76. The summed E-state index contributed by atoms with van der Waals surface area (Å²) in [5, 5.41) is 13.7. The van der Waals surface area contributed by atoms with Gasteiger partial charge in [-0.25, -0.2) is 9.67 Å². The van der Waals surface area contributed by atoms with Crippen molar-refractivity contribution in [2.24, 2.45) is 0 Å². The molecule has 1 aromatic carbocycles. The fraction of sp³-hybridized carbons (Fsp3) is 0.182. The minimum Gasteiger partial charge on any atom is -0.506 e. The van der Waals surface area contributed by atoms with Gasteiger partial charge in [-0.2, -0.15) is 0 Å². The van der Waals surface area contributed by atoms with Crippen molar-refractivity contribution in [2.45, 2.75) is 13.3 Å². The molecular formula is C11H11N3O2. The third kappa shape index (κ3) is 1.67. The van der Waals surface area contributed by atoms with E-state index in [1.165, 1.54) is 4.68 Å². The molecule has 1 heterocycles. The fourth-order valence-electron chi connectivity index (χ4n) is 1.48. The van der Waals surface area contributed by atoms with Crippen LogP contribution in [-0.4, -0.2) is 26.2 Å². The fourth-order valence-corrected chi connectivity index (χ4v) is 1.48. The molecule has 2 aromatic rings. The van der Waals surface area contributed by atoms with Gasteiger partial charge in [0.15, 0.2) is 6.29 Å². The van der Waals surface area contributed by atoms with Crippen molar-refractivity contribution in [2.75, 3.05) is 0 Å². The quantitative estimate of drug-likeness (QED) is 0.788. The van der Waals surface area contributed by atoms with E-state index in [0.717, 1.165) is 0 Å². The van der Waals surface area contributed by atoms with Gasteiger partial charge in [0.1, 0.15) is 17.3 Å². The molecule has 0 spiro atoms. The first-order valence-electron chi connectivity index (χ1n) is 4.95. The molecule has 82 valence electrons. The first kappa shape index (κ1) is 10.4. The van der Waals surface area contributed by atoms with E-state index >= 15 is 0 Å². The monoisotopic (exact) mass is 217 g/mol. The number of aryl methyl sites for hydroxylation is 1. The maximum atomic E-state index is 10.6. The highest BCUT2D eigenvalue weighted by Crippen LogP contribution is 2.21. The van der Waals surface area contributed by atoms with Crippen LogP contribution in [0.25, 0.3) is 5.69 Å². The third-order valence-electron chi connectivity index (χ3n) is 2.22. The average molecular weight is 217 g/mol. The van der Waals surface area contributed by atoms with E-state index in [0.29, 0.717) is 24.2 Å². The van der Waals surface area contributed by atoms with Crippen LogP contribution in [0.5, 0.6) is 5.75 Å². The Morgan fingerprint density at radius 1 is 1.44 bits per heavy atom. The van der Waals surface area contributed by atoms with Crippen molar-refractivity contribution in [3.63, 3.8) is 0 Å². The molecule has 0 amide bonds. The van der Waals surface area contributed by atoms with E-state index in [4.69, 9.17) is 0 Å². The number of aromatic hydroxyl groups is 1. The Morgan fingerprint density at radius 2 is 2.19 bits per heavy atom. The average Bonchev–Trinajstić information content (AvgIpc) is 2.72. The molecule has 0 unspecified atom stereocenters. The maximum absolute atomic E-state index is 10.6. The molecule has 0 bridgehead atoms. The van der Waals surface area contributed by atoms with Gasteiger partial charge in [-0.1, -0.05) is 19.1 Å². The molecular weight excluding hydrogens is 206 g/mol. The lowest BCUT2D eigenvalue weighted by Gasteiger charge is -2.05. The van der Waals surface area contributed by atoms with Gasteiger partial charge < -0.3 is 5.11 Å². The zero-order chi connectivity index (χ0) is 11.5. The van der Waals surface area contributed by atoms with Gasteiger partial charge in [0.05, 0.1) is 0 Å². The SMILES string of the molecule is CCc1nc(C=O)nn1-c1ccccc1O. The third-order valence-corrected chi connectivity index (χ3v) is 2.22. The number of aldehydes is 1.